The Balaban J connectivity index is 2.16. The molecule has 1 aliphatic heterocycles. The SMILES string of the molecule is NCC1CCCN(c2ccnc(C(N)=O)c2)C1. The van der Waals surface area contributed by atoms with E-state index in [2.05, 4.69) is 9.88 Å². The number of pyridine rings is 1. The predicted octanol–water partition coefficient (Wildman–Crippen LogP) is 0.356. The van der Waals surface area contributed by atoms with Crippen molar-refractivity contribution in [3.63, 3.8) is 0 Å². The Hall–Kier alpha value is -1.62. The molecule has 0 aliphatic carbocycles. The summed E-state index contributed by atoms with van der Waals surface area (Å²) in [6.45, 7) is 2.65. The minimum atomic E-state index is -0.487. The van der Waals surface area contributed by atoms with E-state index in [1.165, 1.54) is 6.42 Å². The maximum Gasteiger partial charge on any atom is 0.267 e. The second-order valence-corrected chi connectivity index (χ2v) is 4.45. The summed E-state index contributed by atoms with van der Waals surface area (Å²) < 4.78 is 0. The maximum absolute atomic E-state index is 11.1. The van der Waals surface area contributed by atoms with E-state index < -0.39 is 5.91 Å². The third kappa shape index (κ3) is 2.74. The molecule has 1 aromatic rings. The second kappa shape index (κ2) is 5.14. The molecule has 1 amide bonds. The molecule has 92 valence electrons. The second-order valence-electron chi connectivity index (χ2n) is 4.45. The van der Waals surface area contributed by atoms with Crippen LogP contribution in [0.4, 0.5) is 5.69 Å². The van der Waals surface area contributed by atoms with Gasteiger partial charge in [-0.05, 0) is 37.4 Å². The number of hydrogen-bond donors (Lipinski definition) is 2. The van der Waals surface area contributed by atoms with Gasteiger partial charge in [-0.1, -0.05) is 0 Å². The first-order valence-electron chi connectivity index (χ1n) is 5.91. The van der Waals surface area contributed by atoms with Crippen LogP contribution in [0.15, 0.2) is 18.3 Å². The lowest BCUT2D eigenvalue weighted by atomic mass is 9.98. The van der Waals surface area contributed by atoms with Crippen molar-refractivity contribution in [2.24, 2.45) is 17.4 Å². The minimum Gasteiger partial charge on any atom is -0.371 e. The molecule has 0 spiro atoms. The third-order valence-corrected chi connectivity index (χ3v) is 3.21. The Morgan fingerprint density at radius 1 is 1.59 bits per heavy atom. The Labute approximate surface area is 101 Å². The molecule has 0 radical (unpaired) electrons. The maximum atomic E-state index is 11.1. The van der Waals surface area contributed by atoms with E-state index in [0.29, 0.717) is 18.2 Å². The molecule has 0 saturated carbocycles. The molecule has 0 aromatic carbocycles. The molecular formula is C12H18N4O. The molecule has 4 N–H and O–H groups in total. The number of nitrogens with zero attached hydrogens (tertiary/aromatic N) is 2. The van der Waals surface area contributed by atoms with Gasteiger partial charge in [0.25, 0.3) is 5.91 Å². The van der Waals surface area contributed by atoms with Gasteiger partial charge in [-0.2, -0.15) is 0 Å². The summed E-state index contributed by atoms with van der Waals surface area (Å²) in [5.74, 6) is 0.0492. The largest absolute Gasteiger partial charge is 0.371 e. The third-order valence-electron chi connectivity index (χ3n) is 3.21. The Morgan fingerprint density at radius 3 is 3.12 bits per heavy atom. The number of carbonyl (C=O) groups excluding carboxylic acids is 1. The van der Waals surface area contributed by atoms with E-state index in [-0.39, 0.29) is 0 Å². The van der Waals surface area contributed by atoms with Crippen molar-refractivity contribution in [2.75, 3.05) is 24.5 Å². The lowest BCUT2D eigenvalue weighted by Gasteiger charge is -2.33. The fourth-order valence-corrected chi connectivity index (χ4v) is 2.24. The van der Waals surface area contributed by atoms with Gasteiger partial charge >= 0.3 is 0 Å². The van der Waals surface area contributed by atoms with E-state index in [1.54, 1.807) is 12.3 Å². The summed E-state index contributed by atoms with van der Waals surface area (Å²) in [4.78, 5) is 17.3. The first-order chi connectivity index (χ1) is 8.20. The van der Waals surface area contributed by atoms with Gasteiger partial charge in [0, 0.05) is 25.0 Å². The zero-order chi connectivity index (χ0) is 12.3. The monoisotopic (exact) mass is 234 g/mol. The molecule has 5 nitrogen and oxygen atoms in total. The van der Waals surface area contributed by atoms with Crippen LogP contribution >= 0.6 is 0 Å². The van der Waals surface area contributed by atoms with Gasteiger partial charge in [-0.15, -0.1) is 0 Å². The van der Waals surface area contributed by atoms with Gasteiger partial charge in [0.2, 0.25) is 0 Å². The Kier molecular flexibility index (Phi) is 3.58. The average Bonchev–Trinajstić information content (AvgIpc) is 2.39. The van der Waals surface area contributed by atoms with Gasteiger partial charge in [-0.25, -0.2) is 0 Å². The molecule has 2 heterocycles. The van der Waals surface area contributed by atoms with Crippen LogP contribution in [-0.4, -0.2) is 30.5 Å². The lowest BCUT2D eigenvalue weighted by Crippen LogP contribution is -2.38. The molecule has 17 heavy (non-hydrogen) atoms. The van der Waals surface area contributed by atoms with Crippen LogP contribution in [0.3, 0.4) is 0 Å². The van der Waals surface area contributed by atoms with Gasteiger partial charge in [-0.3, -0.25) is 9.78 Å². The van der Waals surface area contributed by atoms with E-state index in [4.69, 9.17) is 11.5 Å². The molecule has 1 fully saturated rings. The highest BCUT2D eigenvalue weighted by molar-refractivity contribution is 5.91. The highest BCUT2D eigenvalue weighted by Gasteiger charge is 2.19. The van der Waals surface area contributed by atoms with Crippen molar-refractivity contribution in [3.8, 4) is 0 Å². The average molecular weight is 234 g/mol. The molecule has 5 heteroatoms. The number of hydrogen-bond acceptors (Lipinski definition) is 4. The van der Waals surface area contributed by atoms with Crippen molar-refractivity contribution in [1.82, 2.24) is 4.98 Å². The standard InChI is InChI=1S/C12H18N4O/c13-7-9-2-1-5-16(8-9)10-3-4-15-11(6-10)12(14)17/h3-4,6,9H,1-2,5,7-8,13H2,(H2,14,17). The predicted molar refractivity (Wildman–Crippen MR) is 66.7 cm³/mol. The molecule has 1 aliphatic rings. The van der Waals surface area contributed by atoms with E-state index >= 15 is 0 Å². The van der Waals surface area contributed by atoms with Crippen LogP contribution < -0.4 is 16.4 Å². The minimum absolute atomic E-state index is 0.317. The normalized spacial score (nSPS) is 20.3. The number of anilines is 1. The first kappa shape index (κ1) is 11.9. The van der Waals surface area contributed by atoms with Crippen molar-refractivity contribution in [1.29, 1.82) is 0 Å². The van der Waals surface area contributed by atoms with Gasteiger partial charge in [0.1, 0.15) is 5.69 Å². The molecular weight excluding hydrogens is 216 g/mol. The van der Waals surface area contributed by atoms with Crippen LogP contribution in [0.1, 0.15) is 23.3 Å². The van der Waals surface area contributed by atoms with Crippen molar-refractivity contribution < 1.29 is 4.79 Å². The fourth-order valence-electron chi connectivity index (χ4n) is 2.24. The summed E-state index contributed by atoms with van der Waals surface area (Å²) in [5, 5.41) is 0. The molecule has 1 unspecified atom stereocenters. The molecule has 0 bridgehead atoms. The van der Waals surface area contributed by atoms with Gasteiger partial charge in [0.05, 0.1) is 0 Å². The van der Waals surface area contributed by atoms with Crippen LogP contribution in [0.2, 0.25) is 0 Å². The molecule has 1 aromatic heterocycles. The number of primary amides is 1. The summed E-state index contributed by atoms with van der Waals surface area (Å²) in [6, 6.07) is 3.66. The summed E-state index contributed by atoms with van der Waals surface area (Å²) in [6.07, 6.45) is 3.94. The number of piperidine rings is 1. The smallest absolute Gasteiger partial charge is 0.267 e. The van der Waals surface area contributed by atoms with Crippen LogP contribution in [0.25, 0.3) is 0 Å². The highest BCUT2D eigenvalue weighted by atomic mass is 16.1. The van der Waals surface area contributed by atoms with Crippen LogP contribution in [0.5, 0.6) is 0 Å². The van der Waals surface area contributed by atoms with Crippen LogP contribution in [-0.2, 0) is 0 Å². The summed E-state index contributed by atoms with van der Waals surface area (Å²) in [7, 11) is 0. The van der Waals surface area contributed by atoms with Gasteiger partial charge < -0.3 is 16.4 Å². The van der Waals surface area contributed by atoms with E-state index in [0.717, 1.165) is 25.2 Å². The Morgan fingerprint density at radius 2 is 2.41 bits per heavy atom. The fraction of sp³-hybridized carbons (Fsp3) is 0.500. The lowest BCUT2D eigenvalue weighted by molar-refractivity contribution is 0.0995. The number of nitrogens with two attached hydrogens (primary N) is 2. The van der Waals surface area contributed by atoms with Gasteiger partial charge in [0.15, 0.2) is 0 Å². The van der Waals surface area contributed by atoms with Crippen LogP contribution in [0, 0.1) is 5.92 Å². The highest BCUT2D eigenvalue weighted by Crippen LogP contribution is 2.22. The van der Waals surface area contributed by atoms with Crippen molar-refractivity contribution >= 4 is 11.6 Å². The zero-order valence-electron chi connectivity index (χ0n) is 9.80. The van der Waals surface area contributed by atoms with Crippen molar-refractivity contribution in [3.05, 3.63) is 24.0 Å². The number of rotatable bonds is 3. The number of aromatic nitrogens is 1. The van der Waals surface area contributed by atoms with Crippen molar-refractivity contribution in [2.45, 2.75) is 12.8 Å². The Bertz CT molecular complexity index is 407. The summed E-state index contributed by atoms with van der Waals surface area (Å²) in [5.41, 5.74) is 12.3. The number of carbonyl (C=O) groups is 1. The summed E-state index contributed by atoms with van der Waals surface area (Å²) >= 11 is 0. The molecule has 2 rings (SSSR count). The number of amides is 1. The first-order valence-corrected chi connectivity index (χ1v) is 5.91. The topological polar surface area (TPSA) is 85.2 Å². The zero-order valence-corrected chi connectivity index (χ0v) is 9.80. The molecule has 1 saturated heterocycles. The van der Waals surface area contributed by atoms with E-state index in [1.807, 2.05) is 6.07 Å². The van der Waals surface area contributed by atoms with E-state index in [9.17, 15) is 4.79 Å². The molecule has 1 atom stereocenters. The quantitative estimate of drug-likeness (QED) is 0.790.